The Morgan fingerprint density at radius 1 is 1.20 bits per heavy atom. The maximum atomic E-state index is 12.4. The minimum atomic E-state index is -0.493. The molecule has 0 atom stereocenters. The standard InChI is InChI=1S/C17H10Cl2N2O4/c18-11-5-13-15(23)10(8-25-16(13)14(19)6-11)7-20-21-17(24)9-1-3-12(22)4-2-9/h1-8,22H,(H,21,24)/b20-7+. The number of amides is 1. The number of hydrazone groups is 1. The van der Waals surface area contributed by atoms with Gasteiger partial charge in [0.05, 0.1) is 22.2 Å². The molecular formula is C17H10Cl2N2O4. The molecule has 8 heteroatoms. The molecule has 0 aliphatic rings. The number of phenols is 1. The molecule has 0 aliphatic heterocycles. The van der Waals surface area contributed by atoms with Gasteiger partial charge in [-0.05, 0) is 36.4 Å². The van der Waals surface area contributed by atoms with Crippen molar-refractivity contribution in [3.05, 3.63) is 74.1 Å². The summed E-state index contributed by atoms with van der Waals surface area (Å²) in [5.41, 5.74) is 2.55. The quantitative estimate of drug-likeness (QED) is 0.539. The van der Waals surface area contributed by atoms with Gasteiger partial charge < -0.3 is 9.52 Å². The summed E-state index contributed by atoms with van der Waals surface area (Å²) in [6.45, 7) is 0. The van der Waals surface area contributed by atoms with E-state index < -0.39 is 5.91 Å². The second kappa shape index (κ2) is 6.96. The number of carbonyl (C=O) groups is 1. The summed E-state index contributed by atoms with van der Waals surface area (Å²) >= 11 is 11.9. The zero-order valence-corrected chi connectivity index (χ0v) is 14.0. The van der Waals surface area contributed by atoms with Crippen molar-refractivity contribution >= 4 is 46.3 Å². The van der Waals surface area contributed by atoms with Gasteiger partial charge >= 0.3 is 0 Å². The van der Waals surface area contributed by atoms with E-state index in [0.717, 1.165) is 0 Å². The second-order valence-electron chi connectivity index (χ2n) is 5.03. The van der Waals surface area contributed by atoms with Crippen LogP contribution in [0.2, 0.25) is 10.0 Å². The third-order valence-corrected chi connectivity index (χ3v) is 3.82. The van der Waals surface area contributed by atoms with Crippen LogP contribution >= 0.6 is 23.2 Å². The minimum Gasteiger partial charge on any atom is -0.508 e. The minimum absolute atomic E-state index is 0.0474. The van der Waals surface area contributed by atoms with Crippen LogP contribution in [-0.4, -0.2) is 17.2 Å². The van der Waals surface area contributed by atoms with Crippen molar-refractivity contribution < 1.29 is 14.3 Å². The summed E-state index contributed by atoms with van der Waals surface area (Å²) in [6.07, 6.45) is 2.36. The first-order valence-corrected chi connectivity index (χ1v) is 7.74. The molecule has 0 radical (unpaired) electrons. The second-order valence-corrected chi connectivity index (χ2v) is 5.87. The van der Waals surface area contributed by atoms with Crippen molar-refractivity contribution in [2.24, 2.45) is 5.10 Å². The van der Waals surface area contributed by atoms with E-state index in [1.54, 1.807) is 0 Å². The summed E-state index contributed by atoms with van der Waals surface area (Å²) in [7, 11) is 0. The first-order valence-electron chi connectivity index (χ1n) is 6.98. The fraction of sp³-hybridized carbons (Fsp3) is 0. The van der Waals surface area contributed by atoms with Crippen LogP contribution < -0.4 is 10.9 Å². The predicted octanol–water partition coefficient (Wildman–Crippen LogP) is 3.57. The summed E-state index contributed by atoms with van der Waals surface area (Å²) in [5, 5.41) is 13.7. The highest BCUT2D eigenvalue weighted by molar-refractivity contribution is 6.38. The average Bonchev–Trinajstić information content (AvgIpc) is 2.58. The molecule has 25 heavy (non-hydrogen) atoms. The molecule has 2 aromatic carbocycles. The molecule has 0 saturated heterocycles. The zero-order valence-electron chi connectivity index (χ0n) is 12.5. The number of hydrogen-bond acceptors (Lipinski definition) is 5. The lowest BCUT2D eigenvalue weighted by molar-refractivity contribution is 0.0955. The van der Waals surface area contributed by atoms with E-state index in [-0.39, 0.29) is 32.7 Å². The van der Waals surface area contributed by atoms with Gasteiger partial charge in [-0.25, -0.2) is 5.43 Å². The Bertz CT molecular complexity index is 1040. The number of benzene rings is 2. The number of nitrogens with one attached hydrogen (secondary N) is 1. The maximum absolute atomic E-state index is 12.4. The Morgan fingerprint density at radius 2 is 1.92 bits per heavy atom. The van der Waals surface area contributed by atoms with E-state index in [4.69, 9.17) is 27.6 Å². The Balaban J connectivity index is 1.84. The topological polar surface area (TPSA) is 91.9 Å². The van der Waals surface area contributed by atoms with E-state index in [1.807, 2.05) is 0 Å². The third kappa shape index (κ3) is 3.65. The van der Waals surface area contributed by atoms with Crippen LogP contribution in [0.25, 0.3) is 11.0 Å². The molecule has 0 spiro atoms. The van der Waals surface area contributed by atoms with Crippen molar-refractivity contribution in [3.8, 4) is 5.75 Å². The van der Waals surface area contributed by atoms with E-state index in [2.05, 4.69) is 10.5 Å². The summed E-state index contributed by atoms with van der Waals surface area (Å²) in [4.78, 5) is 24.3. The number of phenolic OH excluding ortho intramolecular Hbond substituents is 1. The zero-order chi connectivity index (χ0) is 18.0. The van der Waals surface area contributed by atoms with Crippen molar-refractivity contribution in [2.45, 2.75) is 0 Å². The monoisotopic (exact) mass is 376 g/mol. The van der Waals surface area contributed by atoms with Crippen LogP contribution in [0.3, 0.4) is 0 Å². The van der Waals surface area contributed by atoms with Gasteiger partial charge in [0.15, 0.2) is 5.58 Å². The lowest BCUT2D eigenvalue weighted by Gasteiger charge is -2.02. The molecule has 0 fully saturated rings. The van der Waals surface area contributed by atoms with Gasteiger partial charge in [-0.1, -0.05) is 23.2 Å². The fourth-order valence-electron chi connectivity index (χ4n) is 2.11. The highest BCUT2D eigenvalue weighted by atomic mass is 35.5. The molecule has 0 saturated carbocycles. The lowest BCUT2D eigenvalue weighted by Crippen LogP contribution is -2.18. The molecular weight excluding hydrogens is 367 g/mol. The highest BCUT2D eigenvalue weighted by Gasteiger charge is 2.10. The normalized spacial score (nSPS) is 11.1. The highest BCUT2D eigenvalue weighted by Crippen LogP contribution is 2.26. The fourth-order valence-corrected chi connectivity index (χ4v) is 2.65. The molecule has 6 nitrogen and oxygen atoms in total. The van der Waals surface area contributed by atoms with Crippen LogP contribution in [-0.2, 0) is 0 Å². The number of carbonyl (C=O) groups excluding carboxylic acids is 1. The number of fused-ring (bicyclic) bond motifs is 1. The summed E-state index contributed by atoms with van der Waals surface area (Å²) < 4.78 is 5.34. The molecule has 0 bridgehead atoms. The van der Waals surface area contributed by atoms with Crippen molar-refractivity contribution in [3.63, 3.8) is 0 Å². The molecule has 126 valence electrons. The first-order chi connectivity index (χ1) is 12.0. The van der Waals surface area contributed by atoms with Crippen LogP contribution in [0.1, 0.15) is 15.9 Å². The van der Waals surface area contributed by atoms with E-state index in [1.165, 1.54) is 48.9 Å². The molecule has 2 N–H and O–H groups in total. The lowest BCUT2D eigenvalue weighted by atomic mass is 10.2. The van der Waals surface area contributed by atoms with Crippen LogP contribution in [0.5, 0.6) is 5.75 Å². The van der Waals surface area contributed by atoms with Crippen molar-refractivity contribution in [1.29, 1.82) is 0 Å². The third-order valence-electron chi connectivity index (χ3n) is 3.32. The number of halogens is 2. The van der Waals surface area contributed by atoms with Gasteiger partial charge in [-0.2, -0.15) is 5.10 Å². The van der Waals surface area contributed by atoms with Crippen LogP contribution in [0.4, 0.5) is 0 Å². The first kappa shape index (κ1) is 17.0. The molecule has 0 unspecified atom stereocenters. The van der Waals surface area contributed by atoms with Crippen LogP contribution in [0, 0.1) is 0 Å². The summed E-state index contributed by atoms with van der Waals surface area (Å²) in [5.74, 6) is -0.446. The number of aromatic hydroxyl groups is 1. The molecule has 0 aliphatic carbocycles. The Kier molecular flexibility index (Phi) is 4.74. The Morgan fingerprint density at radius 3 is 2.64 bits per heavy atom. The van der Waals surface area contributed by atoms with E-state index in [9.17, 15) is 14.7 Å². The molecule has 1 aromatic heterocycles. The van der Waals surface area contributed by atoms with Crippen LogP contribution in [0.15, 0.2) is 57.0 Å². The predicted molar refractivity (Wildman–Crippen MR) is 95.7 cm³/mol. The molecule has 1 amide bonds. The van der Waals surface area contributed by atoms with Gasteiger partial charge in [-0.15, -0.1) is 0 Å². The number of hydrogen-bond donors (Lipinski definition) is 2. The molecule has 1 heterocycles. The average molecular weight is 377 g/mol. The van der Waals surface area contributed by atoms with Gasteiger partial charge in [-0.3, -0.25) is 9.59 Å². The molecule has 3 rings (SSSR count). The smallest absolute Gasteiger partial charge is 0.271 e. The van der Waals surface area contributed by atoms with Gasteiger partial charge in [0.1, 0.15) is 12.0 Å². The summed E-state index contributed by atoms with van der Waals surface area (Å²) in [6, 6.07) is 8.55. The number of nitrogens with zero attached hydrogens (tertiary/aromatic N) is 1. The van der Waals surface area contributed by atoms with Gasteiger partial charge in [0.25, 0.3) is 5.91 Å². The largest absolute Gasteiger partial charge is 0.508 e. The van der Waals surface area contributed by atoms with E-state index >= 15 is 0 Å². The van der Waals surface area contributed by atoms with Crippen molar-refractivity contribution in [2.75, 3.05) is 0 Å². The SMILES string of the molecule is O=C(N/N=C/c1coc2c(Cl)cc(Cl)cc2c1=O)c1ccc(O)cc1. The van der Waals surface area contributed by atoms with Gasteiger partial charge in [0.2, 0.25) is 5.43 Å². The Labute approximate surface area is 151 Å². The number of rotatable bonds is 3. The maximum Gasteiger partial charge on any atom is 0.271 e. The van der Waals surface area contributed by atoms with Gasteiger partial charge in [0, 0.05) is 10.6 Å². The van der Waals surface area contributed by atoms with E-state index in [0.29, 0.717) is 10.6 Å². The van der Waals surface area contributed by atoms with Crippen molar-refractivity contribution in [1.82, 2.24) is 5.43 Å². The Hall–Kier alpha value is -2.83. The molecule has 3 aromatic rings.